The molecular weight excluding hydrogens is 494 g/mol. The maximum absolute atomic E-state index is 14.3. The molecule has 3 heterocycles. The van der Waals surface area contributed by atoms with Gasteiger partial charge in [0.05, 0.1) is 31.1 Å². The second-order valence-electron chi connectivity index (χ2n) is 11.1. The smallest absolute Gasteiger partial charge is 0.246 e. The van der Waals surface area contributed by atoms with E-state index in [0.717, 1.165) is 31.2 Å². The van der Waals surface area contributed by atoms with Crippen LogP contribution in [-0.4, -0.2) is 53.5 Å². The van der Waals surface area contributed by atoms with Crippen molar-refractivity contribution in [3.63, 3.8) is 0 Å². The summed E-state index contributed by atoms with van der Waals surface area (Å²) in [7, 11) is 1.58. The summed E-state index contributed by atoms with van der Waals surface area (Å²) >= 11 is 0. The van der Waals surface area contributed by atoms with Crippen molar-refractivity contribution in [2.75, 3.05) is 12.4 Å². The molecule has 6 rings (SSSR count). The van der Waals surface area contributed by atoms with E-state index in [4.69, 9.17) is 9.47 Å². The van der Waals surface area contributed by atoms with Crippen molar-refractivity contribution in [3.8, 4) is 5.75 Å². The van der Waals surface area contributed by atoms with Crippen molar-refractivity contribution in [3.05, 3.63) is 72.3 Å². The van der Waals surface area contributed by atoms with Crippen LogP contribution in [0.4, 0.5) is 5.69 Å². The van der Waals surface area contributed by atoms with Gasteiger partial charge >= 0.3 is 0 Å². The van der Waals surface area contributed by atoms with Crippen molar-refractivity contribution in [2.24, 2.45) is 11.8 Å². The monoisotopic (exact) mass is 529 g/mol. The summed E-state index contributed by atoms with van der Waals surface area (Å²) in [5.74, 6) is -1.59. The first kappa shape index (κ1) is 25.6. The van der Waals surface area contributed by atoms with Crippen LogP contribution in [-0.2, 0) is 19.1 Å². The number of nitrogens with zero attached hydrogens (tertiary/aromatic N) is 1. The number of carbonyl (C=O) groups is 3. The average Bonchev–Trinajstić information content (AvgIpc) is 3.61. The van der Waals surface area contributed by atoms with Crippen molar-refractivity contribution >= 4 is 23.4 Å². The fourth-order valence-corrected chi connectivity index (χ4v) is 6.94. The predicted octanol–water partition coefficient (Wildman–Crippen LogP) is 3.99. The van der Waals surface area contributed by atoms with E-state index in [0.29, 0.717) is 11.4 Å². The standard InChI is InChI=1S/C31H35N3O5/c1-19(20-9-5-3-6-10-20)34-27(29(36)33-21-11-7-4-8-12-21)31-18-17-24(39-31)25(26(31)30(34)37)28(35)32-22-13-15-23(38-2)16-14-22/h3,5-6,9-10,13-19,21,24-27H,4,7-8,11-12H2,1-2H3,(H,32,35)(H,33,36)/t19-,24+,25-,26+,27-,31+/m1/s1. The van der Waals surface area contributed by atoms with Crippen LogP contribution in [0.1, 0.15) is 50.6 Å². The van der Waals surface area contributed by atoms with E-state index in [1.165, 1.54) is 6.42 Å². The Hall–Kier alpha value is -3.65. The lowest BCUT2D eigenvalue weighted by molar-refractivity contribution is -0.143. The van der Waals surface area contributed by atoms with Gasteiger partial charge in [-0.2, -0.15) is 0 Å². The minimum Gasteiger partial charge on any atom is -0.497 e. The van der Waals surface area contributed by atoms with Crippen LogP contribution in [0.2, 0.25) is 0 Å². The molecule has 3 aliphatic heterocycles. The highest BCUT2D eigenvalue weighted by Crippen LogP contribution is 2.56. The molecule has 2 N–H and O–H groups in total. The van der Waals surface area contributed by atoms with Crippen molar-refractivity contribution < 1.29 is 23.9 Å². The normalized spacial score (nSPS) is 30.2. The van der Waals surface area contributed by atoms with E-state index in [9.17, 15) is 14.4 Å². The number of fused-ring (bicyclic) bond motifs is 1. The molecule has 39 heavy (non-hydrogen) atoms. The van der Waals surface area contributed by atoms with Gasteiger partial charge in [-0.3, -0.25) is 14.4 Å². The number of amides is 3. The van der Waals surface area contributed by atoms with Gasteiger partial charge in [0.15, 0.2) is 0 Å². The molecule has 2 bridgehead atoms. The molecule has 0 radical (unpaired) electrons. The van der Waals surface area contributed by atoms with Crippen molar-refractivity contribution in [1.29, 1.82) is 0 Å². The summed E-state index contributed by atoms with van der Waals surface area (Å²) in [5, 5.41) is 6.20. The quantitative estimate of drug-likeness (QED) is 0.529. The Balaban J connectivity index is 1.33. The van der Waals surface area contributed by atoms with Crippen LogP contribution in [0.3, 0.4) is 0 Å². The number of hydrogen-bond donors (Lipinski definition) is 2. The summed E-state index contributed by atoms with van der Waals surface area (Å²) in [4.78, 5) is 43.6. The molecular formula is C31H35N3O5. The third-order valence-corrected chi connectivity index (χ3v) is 8.87. The SMILES string of the molecule is COc1ccc(NC(=O)[C@@H]2[C@@H]3C=C[C@]4(O3)[C@@H]2C(=O)N([C@H](C)c2ccccc2)[C@@H]4C(=O)NC2CCCCC2)cc1. The second kappa shape index (κ2) is 10.2. The molecule has 1 saturated carbocycles. The summed E-state index contributed by atoms with van der Waals surface area (Å²) < 4.78 is 11.7. The van der Waals surface area contributed by atoms with Gasteiger partial charge in [-0.15, -0.1) is 0 Å². The number of anilines is 1. The molecule has 4 aliphatic rings. The molecule has 3 amide bonds. The highest BCUT2D eigenvalue weighted by molar-refractivity contribution is 6.03. The molecule has 204 valence electrons. The number of ether oxygens (including phenoxy) is 2. The number of likely N-dealkylation sites (tertiary alicyclic amines) is 1. The number of benzene rings is 2. The van der Waals surface area contributed by atoms with Gasteiger partial charge in [0.2, 0.25) is 17.7 Å². The molecule has 2 aromatic rings. The summed E-state index contributed by atoms with van der Waals surface area (Å²) in [6, 6.07) is 15.6. The fourth-order valence-electron chi connectivity index (χ4n) is 6.94. The number of rotatable bonds is 7. The van der Waals surface area contributed by atoms with E-state index in [-0.39, 0.29) is 29.8 Å². The zero-order chi connectivity index (χ0) is 27.1. The second-order valence-corrected chi connectivity index (χ2v) is 11.1. The zero-order valence-corrected chi connectivity index (χ0v) is 22.3. The fraction of sp³-hybridized carbons (Fsp3) is 0.452. The van der Waals surface area contributed by atoms with Crippen molar-refractivity contribution in [2.45, 2.75) is 68.9 Å². The Labute approximate surface area is 228 Å². The minimum atomic E-state index is -1.19. The van der Waals surface area contributed by atoms with Crippen LogP contribution >= 0.6 is 0 Å². The molecule has 2 saturated heterocycles. The summed E-state index contributed by atoms with van der Waals surface area (Å²) in [6.45, 7) is 1.94. The molecule has 3 fully saturated rings. The Morgan fingerprint density at radius 1 is 1.03 bits per heavy atom. The number of carbonyl (C=O) groups excluding carboxylic acids is 3. The highest BCUT2D eigenvalue weighted by atomic mass is 16.5. The molecule has 0 unspecified atom stereocenters. The first-order valence-corrected chi connectivity index (χ1v) is 13.9. The van der Waals surface area contributed by atoms with Gasteiger partial charge in [0.1, 0.15) is 17.4 Å². The van der Waals surface area contributed by atoms with Gasteiger partial charge < -0.3 is 25.0 Å². The number of nitrogens with one attached hydrogen (secondary N) is 2. The van der Waals surface area contributed by atoms with Crippen LogP contribution in [0.25, 0.3) is 0 Å². The molecule has 2 aromatic carbocycles. The third kappa shape index (κ3) is 4.31. The van der Waals surface area contributed by atoms with Gasteiger partial charge in [-0.1, -0.05) is 61.7 Å². The number of hydrogen-bond acceptors (Lipinski definition) is 5. The van der Waals surface area contributed by atoms with E-state index in [1.807, 2.05) is 49.4 Å². The predicted molar refractivity (Wildman–Crippen MR) is 146 cm³/mol. The lowest BCUT2D eigenvalue weighted by atomic mass is 9.74. The van der Waals surface area contributed by atoms with Crippen LogP contribution in [0.15, 0.2) is 66.7 Å². The largest absolute Gasteiger partial charge is 0.497 e. The molecule has 8 heteroatoms. The van der Waals surface area contributed by atoms with Crippen molar-refractivity contribution in [1.82, 2.24) is 10.2 Å². The first-order chi connectivity index (χ1) is 18.9. The molecule has 6 atom stereocenters. The molecule has 8 nitrogen and oxygen atoms in total. The van der Waals surface area contributed by atoms with Gasteiger partial charge in [0.25, 0.3) is 0 Å². The Bertz CT molecular complexity index is 1270. The maximum Gasteiger partial charge on any atom is 0.246 e. The van der Waals surface area contributed by atoms with Gasteiger partial charge in [-0.25, -0.2) is 0 Å². The molecule has 0 aromatic heterocycles. The minimum absolute atomic E-state index is 0.0856. The van der Waals surface area contributed by atoms with Gasteiger partial charge in [-0.05, 0) is 49.6 Å². The van der Waals surface area contributed by atoms with Gasteiger partial charge in [0, 0.05) is 11.7 Å². The lowest BCUT2D eigenvalue weighted by Gasteiger charge is -2.37. The Morgan fingerprint density at radius 2 is 1.74 bits per heavy atom. The first-order valence-electron chi connectivity index (χ1n) is 13.9. The molecule has 1 aliphatic carbocycles. The van der Waals surface area contributed by atoms with Crippen LogP contribution in [0, 0.1) is 11.8 Å². The van der Waals surface area contributed by atoms with E-state index in [1.54, 1.807) is 36.3 Å². The van der Waals surface area contributed by atoms with E-state index in [2.05, 4.69) is 10.6 Å². The third-order valence-electron chi connectivity index (χ3n) is 8.87. The molecule has 1 spiro atoms. The summed E-state index contributed by atoms with van der Waals surface area (Å²) in [6.07, 6.45) is 8.34. The highest BCUT2D eigenvalue weighted by Gasteiger charge is 2.73. The van der Waals surface area contributed by atoms with Crippen LogP contribution in [0.5, 0.6) is 5.75 Å². The zero-order valence-electron chi connectivity index (χ0n) is 22.3. The van der Waals surface area contributed by atoms with E-state index < -0.39 is 29.6 Å². The Morgan fingerprint density at radius 3 is 2.44 bits per heavy atom. The number of methoxy groups -OCH3 is 1. The summed E-state index contributed by atoms with van der Waals surface area (Å²) in [5.41, 5.74) is 0.342. The van der Waals surface area contributed by atoms with E-state index >= 15 is 0 Å². The lowest BCUT2D eigenvalue weighted by Crippen LogP contribution is -2.56. The van der Waals surface area contributed by atoms with Crippen LogP contribution < -0.4 is 15.4 Å². The average molecular weight is 530 g/mol. The Kier molecular flexibility index (Phi) is 6.67. The topological polar surface area (TPSA) is 97.0 Å². The maximum atomic E-state index is 14.3.